The lowest BCUT2D eigenvalue weighted by Crippen LogP contribution is -2.27. The molecule has 0 saturated carbocycles. The maximum atomic E-state index is 12.7. The second-order valence-electron chi connectivity index (χ2n) is 5.26. The van der Waals surface area contributed by atoms with Crippen molar-refractivity contribution in [1.29, 1.82) is 0 Å². The molecule has 0 saturated heterocycles. The van der Waals surface area contributed by atoms with Crippen LogP contribution in [-0.2, 0) is 6.18 Å². The number of hydrogen-bond donors (Lipinski definition) is 2. The minimum Gasteiger partial charge on any atom is -0.366 e. The number of rotatable bonds is 4. The first-order chi connectivity index (χ1) is 11.2. The second-order valence-corrected chi connectivity index (χ2v) is 5.26. The van der Waals surface area contributed by atoms with Crippen LogP contribution in [0.4, 0.5) is 13.2 Å². The van der Waals surface area contributed by atoms with Gasteiger partial charge in [-0.15, -0.1) is 0 Å². The van der Waals surface area contributed by atoms with Crippen molar-refractivity contribution in [1.82, 2.24) is 5.32 Å². The summed E-state index contributed by atoms with van der Waals surface area (Å²) in [5.41, 5.74) is 5.22. The maximum Gasteiger partial charge on any atom is 0.416 e. The molecule has 0 radical (unpaired) electrons. The average Bonchev–Trinajstić information content (AvgIpc) is 2.54. The van der Waals surface area contributed by atoms with Crippen molar-refractivity contribution < 1.29 is 22.8 Å². The van der Waals surface area contributed by atoms with Gasteiger partial charge in [-0.2, -0.15) is 13.2 Å². The fourth-order valence-corrected chi connectivity index (χ4v) is 2.13. The zero-order valence-corrected chi connectivity index (χ0v) is 12.7. The van der Waals surface area contributed by atoms with Crippen molar-refractivity contribution in [3.05, 3.63) is 70.8 Å². The molecule has 0 aliphatic heterocycles. The van der Waals surface area contributed by atoms with Gasteiger partial charge in [0, 0.05) is 11.1 Å². The standard InChI is InChI=1S/C17H15F3N2O2/c1-10(13-3-2-4-14(9-13)17(18,19)20)22-16(24)12-7-5-11(6-8-12)15(21)23/h2-10H,1H3,(H2,21,23)(H,22,24). The van der Waals surface area contributed by atoms with Gasteiger partial charge in [0.2, 0.25) is 5.91 Å². The summed E-state index contributed by atoms with van der Waals surface area (Å²) in [4.78, 5) is 23.1. The summed E-state index contributed by atoms with van der Waals surface area (Å²) in [6, 6.07) is 9.83. The van der Waals surface area contributed by atoms with Crippen LogP contribution in [0, 0.1) is 0 Å². The first-order valence-electron chi connectivity index (χ1n) is 7.06. The SMILES string of the molecule is CC(NC(=O)c1ccc(C(N)=O)cc1)c1cccc(C(F)(F)F)c1. The molecule has 4 nitrogen and oxygen atoms in total. The molecular weight excluding hydrogens is 321 g/mol. The van der Waals surface area contributed by atoms with Crippen LogP contribution in [0.15, 0.2) is 48.5 Å². The van der Waals surface area contributed by atoms with Crippen molar-refractivity contribution in [3.8, 4) is 0 Å². The Balaban J connectivity index is 2.12. The molecule has 0 aromatic heterocycles. The Bertz CT molecular complexity index is 755. The minimum atomic E-state index is -4.44. The zero-order valence-electron chi connectivity index (χ0n) is 12.7. The van der Waals surface area contributed by atoms with Crippen LogP contribution < -0.4 is 11.1 Å². The smallest absolute Gasteiger partial charge is 0.366 e. The monoisotopic (exact) mass is 336 g/mol. The van der Waals surface area contributed by atoms with E-state index >= 15 is 0 Å². The lowest BCUT2D eigenvalue weighted by molar-refractivity contribution is -0.137. The van der Waals surface area contributed by atoms with E-state index in [0.29, 0.717) is 5.56 Å². The highest BCUT2D eigenvalue weighted by atomic mass is 19.4. The molecule has 2 aromatic carbocycles. The second kappa shape index (κ2) is 6.74. The Kier molecular flexibility index (Phi) is 4.92. The fraction of sp³-hybridized carbons (Fsp3) is 0.176. The zero-order chi connectivity index (χ0) is 17.9. The van der Waals surface area contributed by atoms with Crippen molar-refractivity contribution in [2.45, 2.75) is 19.1 Å². The van der Waals surface area contributed by atoms with Crippen LogP contribution in [0.1, 0.15) is 44.8 Å². The molecule has 7 heteroatoms. The molecule has 0 spiro atoms. The average molecular weight is 336 g/mol. The molecule has 1 unspecified atom stereocenters. The van der Waals surface area contributed by atoms with Crippen LogP contribution in [0.3, 0.4) is 0 Å². The Labute approximate surface area is 136 Å². The minimum absolute atomic E-state index is 0.262. The van der Waals surface area contributed by atoms with E-state index < -0.39 is 29.6 Å². The number of primary amides is 1. The van der Waals surface area contributed by atoms with Crippen LogP contribution in [0.25, 0.3) is 0 Å². The van der Waals surface area contributed by atoms with E-state index in [1.807, 2.05) is 0 Å². The lowest BCUT2D eigenvalue weighted by atomic mass is 10.0. The third kappa shape index (κ3) is 4.13. The summed E-state index contributed by atoms with van der Waals surface area (Å²) < 4.78 is 38.2. The predicted molar refractivity (Wildman–Crippen MR) is 82.3 cm³/mol. The third-order valence-corrected chi connectivity index (χ3v) is 3.49. The van der Waals surface area contributed by atoms with Crippen molar-refractivity contribution in [3.63, 3.8) is 0 Å². The first-order valence-corrected chi connectivity index (χ1v) is 7.06. The summed E-state index contributed by atoms with van der Waals surface area (Å²) in [5.74, 6) is -1.07. The van der Waals surface area contributed by atoms with Crippen molar-refractivity contribution >= 4 is 11.8 Å². The number of amides is 2. The number of carbonyl (C=O) groups is 2. The van der Waals surface area contributed by atoms with Gasteiger partial charge < -0.3 is 11.1 Å². The van der Waals surface area contributed by atoms with Gasteiger partial charge >= 0.3 is 6.18 Å². The highest BCUT2D eigenvalue weighted by Crippen LogP contribution is 2.30. The molecule has 2 rings (SSSR count). The van der Waals surface area contributed by atoms with Crippen LogP contribution >= 0.6 is 0 Å². The highest BCUT2D eigenvalue weighted by molar-refractivity contribution is 5.97. The van der Waals surface area contributed by atoms with Gasteiger partial charge in [-0.25, -0.2) is 0 Å². The number of hydrogen-bond acceptors (Lipinski definition) is 2. The summed E-state index contributed by atoms with van der Waals surface area (Å²) >= 11 is 0. The Morgan fingerprint density at radius 2 is 1.62 bits per heavy atom. The fourth-order valence-electron chi connectivity index (χ4n) is 2.13. The molecule has 0 fully saturated rings. The number of nitrogens with two attached hydrogens (primary N) is 1. The van der Waals surface area contributed by atoms with Gasteiger partial charge in [-0.05, 0) is 48.9 Å². The number of carbonyl (C=O) groups excluding carboxylic acids is 2. The summed E-state index contributed by atoms with van der Waals surface area (Å²) in [6.45, 7) is 1.59. The Morgan fingerprint density at radius 3 is 2.17 bits per heavy atom. The molecule has 2 amide bonds. The summed E-state index contributed by atoms with van der Waals surface area (Å²) in [7, 11) is 0. The van der Waals surface area contributed by atoms with Crippen molar-refractivity contribution in [2.75, 3.05) is 0 Å². The lowest BCUT2D eigenvalue weighted by Gasteiger charge is -2.16. The highest BCUT2D eigenvalue weighted by Gasteiger charge is 2.30. The largest absolute Gasteiger partial charge is 0.416 e. The molecule has 1 atom stereocenters. The van der Waals surface area contributed by atoms with E-state index in [1.54, 1.807) is 6.92 Å². The number of nitrogens with one attached hydrogen (secondary N) is 1. The van der Waals surface area contributed by atoms with E-state index in [2.05, 4.69) is 5.32 Å². The van der Waals surface area contributed by atoms with Gasteiger partial charge in [-0.1, -0.05) is 12.1 Å². The topological polar surface area (TPSA) is 72.2 Å². The summed E-state index contributed by atoms with van der Waals surface area (Å²) in [6.07, 6.45) is -4.44. The van der Waals surface area contributed by atoms with Crippen LogP contribution in [0.2, 0.25) is 0 Å². The molecule has 0 bridgehead atoms. The molecule has 0 aliphatic rings. The van der Waals surface area contributed by atoms with Gasteiger partial charge in [0.05, 0.1) is 11.6 Å². The molecule has 3 N–H and O–H groups in total. The normalized spacial score (nSPS) is 12.5. The number of halogens is 3. The number of alkyl halides is 3. The Hall–Kier alpha value is -2.83. The number of benzene rings is 2. The van der Waals surface area contributed by atoms with E-state index in [9.17, 15) is 22.8 Å². The van der Waals surface area contributed by atoms with Gasteiger partial charge in [0.15, 0.2) is 0 Å². The molecule has 24 heavy (non-hydrogen) atoms. The van der Waals surface area contributed by atoms with E-state index in [4.69, 9.17) is 5.73 Å². The van der Waals surface area contributed by atoms with E-state index in [0.717, 1.165) is 12.1 Å². The van der Waals surface area contributed by atoms with Crippen LogP contribution in [-0.4, -0.2) is 11.8 Å². The van der Waals surface area contributed by atoms with E-state index in [1.165, 1.54) is 36.4 Å². The molecule has 0 aliphatic carbocycles. The third-order valence-electron chi connectivity index (χ3n) is 3.49. The molecule has 2 aromatic rings. The van der Waals surface area contributed by atoms with E-state index in [-0.39, 0.29) is 11.1 Å². The maximum absolute atomic E-state index is 12.7. The summed E-state index contributed by atoms with van der Waals surface area (Å²) in [5, 5.41) is 2.62. The van der Waals surface area contributed by atoms with Gasteiger partial charge in [0.1, 0.15) is 0 Å². The quantitative estimate of drug-likeness (QED) is 0.899. The molecule has 0 heterocycles. The van der Waals surface area contributed by atoms with Gasteiger partial charge in [-0.3, -0.25) is 9.59 Å². The molecular formula is C17H15F3N2O2. The van der Waals surface area contributed by atoms with Gasteiger partial charge in [0.25, 0.3) is 5.91 Å². The van der Waals surface area contributed by atoms with Crippen molar-refractivity contribution in [2.24, 2.45) is 5.73 Å². The first kappa shape index (κ1) is 17.5. The van der Waals surface area contributed by atoms with Crippen LogP contribution in [0.5, 0.6) is 0 Å². The molecule has 126 valence electrons. The predicted octanol–water partition coefficient (Wildman–Crippen LogP) is 3.30. The Morgan fingerprint density at radius 1 is 1.04 bits per heavy atom.